The average Bonchev–Trinajstić information content (AvgIpc) is 2.39. The Labute approximate surface area is 116 Å². The number of nitriles is 1. The molecule has 0 bridgehead atoms. The molecule has 0 aromatic heterocycles. The standard InChI is InChI=1S/C11H12ClN3O3S/c12-9-2-1-8(6-13)5-10(9)19(16,17)15-3-4-18-7-11(15)14/h1-2,5,11H,3-4,7,14H2. The third-order valence-corrected chi connectivity index (χ3v) is 5.17. The minimum atomic E-state index is -3.83. The lowest BCUT2D eigenvalue weighted by molar-refractivity contribution is 0.0350. The van der Waals surface area contributed by atoms with Crippen molar-refractivity contribution in [3.63, 3.8) is 0 Å². The van der Waals surface area contributed by atoms with Gasteiger partial charge in [0.15, 0.2) is 0 Å². The molecule has 1 atom stereocenters. The highest BCUT2D eigenvalue weighted by molar-refractivity contribution is 7.89. The summed E-state index contributed by atoms with van der Waals surface area (Å²) in [6, 6.07) is 5.98. The van der Waals surface area contributed by atoms with Crippen molar-refractivity contribution in [1.82, 2.24) is 4.31 Å². The van der Waals surface area contributed by atoms with Crippen LogP contribution in [0.3, 0.4) is 0 Å². The van der Waals surface area contributed by atoms with Gasteiger partial charge in [-0.1, -0.05) is 11.6 Å². The molecule has 1 unspecified atom stereocenters. The molecule has 1 aliphatic heterocycles. The Bertz CT molecular complexity index is 627. The number of sulfonamides is 1. The van der Waals surface area contributed by atoms with E-state index in [0.717, 1.165) is 4.31 Å². The fourth-order valence-electron chi connectivity index (χ4n) is 1.80. The minimum absolute atomic E-state index is 0.0673. The second-order valence-electron chi connectivity index (χ2n) is 4.02. The van der Waals surface area contributed by atoms with Crippen molar-refractivity contribution in [3.05, 3.63) is 28.8 Å². The highest BCUT2D eigenvalue weighted by atomic mass is 35.5. The van der Waals surface area contributed by atoms with Crippen LogP contribution in [0.2, 0.25) is 5.02 Å². The third-order valence-electron chi connectivity index (χ3n) is 2.76. The second kappa shape index (κ2) is 5.45. The van der Waals surface area contributed by atoms with Gasteiger partial charge < -0.3 is 10.5 Å². The molecule has 1 fully saturated rings. The van der Waals surface area contributed by atoms with Gasteiger partial charge >= 0.3 is 0 Å². The Balaban J connectivity index is 2.47. The van der Waals surface area contributed by atoms with Gasteiger partial charge in [0.05, 0.1) is 36.0 Å². The van der Waals surface area contributed by atoms with Crippen LogP contribution in [0.15, 0.2) is 23.1 Å². The first-order valence-corrected chi connectivity index (χ1v) is 7.33. The number of hydrogen-bond donors (Lipinski definition) is 1. The molecule has 1 aromatic rings. The lowest BCUT2D eigenvalue weighted by Gasteiger charge is -2.32. The molecule has 1 heterocycles. The van der Waals surface area contributed by atoms with Gasteiger partial charge in [0.25, 0.3) is 0 Å². The number of rotatable bonds is 2. The topological polar surface area (TPSA) is 96.4 Å². The van der Waals surface area contributed by atoms with Crippen LogP contribution in [-0.4, -0.2) is 38.6 Å². The first kappa shape index (κ1) is 14.2. The van der Waals surface area contributed by atoms with Crippen LogP contribution < -0.4 is 5.73 Å². The Morgan fingerprint density at radius 2 is 2.26 bits per heavy atom. The third kappa shape index (κ3) is 2.73. The first-order chi connectivity index (χ1) is 8.96. The SMILES string of the molecule is N#Cc1ccc(Cl)c(S(=O)(=O)N2CCOCC2N)c1. The number of nitrogens with two attached hydrogens (primary N) is 1. The Morgan fingerprint density at radius 1 is 1.53 bits per heavy atom. The summed E-state index contributed by atoms with van der Waals surface area (Å²) in [7, 11) is -3.83. The van der Waals surface area contributed by atoms with Gasteiger partial charge in [-0.25, -0.2) is 8.42 Å². The van der Waals surface area contributed by atoms with E-state index >= 15 is 0 Å². The Kier molecular flexibility index (Phi) is 4.08. The molecule has 1 aromatic carbocycles. The highest BCUT2D eigenvalue weighted by Crippen LogP contribution is 2.27. The summed E-state index contributed by atoms with van der Waals surface area (Å²) in [5.41, 5.74) is 5.96. The Hall–Kier alpha value is -1.17. The molecule has 0 radical (unpaired) electrons. The lowest BCUT2D eigenvalue weighted by Crippen LogP contribution is -2.53. The summed E-state index contributed by atoms with van der Waals surface area (Å²) in [6.07, 6.45) is -0.749. The smallest absolute Gasteiger partial charge is 0.246 e. The predicted octanol–water partition coefficient (Wildman–Crippen LogP) is 0.517. The van der Waals surface area contributed by atoms with Crippen molar-refractivity contribution >= 4 is 21.6 Å². The monoisotopic (exact) mass is 301 g/mol. The van der Waals surface area contributed by atoms with Gasteiger partial charge in [-0.3, -0.25) is 0 Å². The molecule has 19 heavy (non-hydrogen) atoms. The first-order valence-electron chi connectivity index (χ1n) is 5.51. The Morgan fingerprint density at radius 3 is 2.89 bits per heavy atom. The fraction of sp³-hybridized carbons (Fsp3) is 0.364. The zero-order chi connectivity index (χ0) is 14.0. The highest BCUT2D eigenvalue weighted by Gasteiger charge is 2.33. The van der Waals surface area contributed by atoms with Crippen molar-refractivity contribution in [2.24, 2.45) is 5.73 Å². The van der Waals surface area contributed by atoms with Crippen LogP contribution >= 0.6 is 11.6 Å². The van der Waals surface area contributed by atoms with E-state index < -0.39 is 16.2 Å². The summed E-state index contributed by atoms with van der Waals surface area (Å²) in [4.78, 5) is -0.106. The summed E-state index contributed by atoms with van der Waals surface area (Å²) in [5, 5.41) is 8.90. The molecule has 0 amide bonds. The minimum Gasteiger partial charge on any atom is -0.377 e. The van der Waals surface area contributed by atoms with E-state index in [1.165, 1.54) is 18.2 Å². The zero-order valence-electron chi connectivity index (χ0n) is 9.91. The van der Waals surface area contributed by atoms with Crippen molar-refractivity contribution in [2.45, 2.75) is 11.1 Å². The van der Waals surface area contributed by atoms with Crippen molar-refractivity contribution in [1.29, 1.82) is 5.26 Å². The van der Waals surface area contributed by atoms with E-state index in [0.29, 0.717) is 0 Å². The zero-order valence-corrected chi connectivity index (χ0v) is 11.5. The summed E-state index contributed by atoms with van der Waals surface area (Å²) >= 11 is 5.92. The molecular weight excluding hydrogens is 290 g/mol. The summed E-state index contributed by atoms with van der Waals surface area (Å²) in [6.45, 7) is 0.577. The van der Waals surface area contributed by atoms with Gasteiger partial charge in [-0.05, 0) is 18.2 Å². The molecule has 2 N–H and O–H groups in total. The van der Waals surface area contributed by atoms with Crippen LogP contribution in [0.4, 0.5) is 0 Å². The predicted molar refractivity (Wildman–Crippen MR) is 68.9 cm³/mol. The molecule has 2 rings (SSSR count). The van der Waals surface area contributed by atoms with Gasteiger partial charge in [0, 0.05) is 6.54 Å². The van der Waals surface area contributed by atoms with Gasteiger partial charge in [0.1, 0.15) is 4.90 Å². The van der Waals surface area contributed by atoms with E-state index in [1.54, 1.807) is 0 Å². The van der Waals surface area contributed by atoms with Crippen molar-refractivity contribution in [2.75, 3.05) is 19.8 Å². The molecule has 0 aliphatic carbocycles. The lowest BCUT2D eigenvalue weighted by atomic mass is 10.2. The van der Waals surface area contributed by atoms with E-state index in [4.69, 9.17) is 27.3 Å². The molecule has 102 valence electrons. The van der Waals surface area contributed by atoms with Gasteiger partial charge in [-0.2, -0.15) is 9.57 Å². The largest absolute Gasteiger partial charge is 0.377 e. The molecule has 1 aliphatic rings. The van der Waals surface area contributed by atoms with Gasteiger partial charge in [0.2, 0.25) is 10.0 Å². The average molecular weight is 302 g/mol. The second-order valence-corrected chi connectivity index (χ2v) is 6.28. The number of halogens is 1. The quantitative estimate of drug-likeness (QED) is 0.859. The molecule has 1 saturated heterocycles. The maximum atomic E-state index is 12.5. The number of hydrogen-bond acceptors (Lipinski definition) is 5. The fourth-order valence-corrected chi connectivity index (χ4v) is 3.79. The number of benzene rings is 1. The van der Waals surface area contributed by atoms with E-state index in [1.807, 2.05) is 6.07 Å². The van der Waals surface area contributed by atoms with E-state index in [2.05, 4.69) is 0 Å². The molecule has 6 nitrogen and oxygen atoms in total. The molecule has 8 heteroatoms. The number of ether oxygens (including phenoxy) is 1. The van der Waals surface area contributed by atoms with Crippen molar-refractivity contribution < 1.29 is 13.2 Å². The van der Waals surface area contributed by atoms with Gasteiger partial charge in [-0.15, -0.1) is 0 Å². The van der Waals surface area contributed by atoms with Crippen molar-refractivity contribution in [3.8, 4) is 6.07 Å². The molecule has 0 spiro atoms. The van der Waals surface area contributed by atoms with Crippen LogP contribution in [0, 0.1) is 11.3 Å². The summed E-state index contributed by atoms with van der Waals surface area (Å²) in [5.74, 6) is 0. The van der Waals surface area contributed by atoms with Crippen LogP contribution in [0.25, 0.3) is 0 Å². The maximum absolute atomic E-state index is 12.5. The summed E-state index contributed by atoms with van der Waals surface area (Å²) < 4.78 is 31.2. The van der Waals surface area contributed by atoms with Crippen LogP contribution in [-0.2, 0) is 14.8 Å². The normalized spacial score (nSPS) is 21.0. The molecular formula is C11H12ClN3O3S. The van der Waals surface area contributed by atoms with E-state index in [-0.39, 0.29) is 35.2 Å². The van der Waals surface area contributed by atoms with E-state index in [9.17, 15) is 8.42 Å². The van der Waals surface area contributed by atoms with Crippen LogP contribution in [0.5, 0.6) is 0 Å². The number of nitrogens with zero attached hydrogens (tertiary/aromatic N) is 2. The number of morpholine rings is 1. The maximum Gasteiger partial charge on any atom is 0.246 e. The molecule has 0 saturated carbocycles. The van der Waals surface area contributed by atoms with Crippen LogP contribution in [0.1, 0.15) is 5.56 Å².